The van der Waals surface area contributed by atoms with Crippen LogP contribution < -0.4 is 20.1 Å². The number of hydrogen-bond acceptors (Lipinski definition) is 5. The average molecular weight is 347 g/mol. The molecule has 2 aromatic carbocycles. The molecule has 3 aromatic rings. The van der Waals surface area contributed by atoms with Crippen LogP contribution in [0.5, 0.6) is 11.5 Å². The number of carbonyl (C=O) groups excluding carboxylic acids is 1. The number of nitrogens with one attached hydrogen (secondary N) is 2. The molecule has 130 valence electrons. The number of carbonyl (C=O) groups is 1. The van der Waals surface area contributed by atoms with E-state index in [1.165, 1.54) is 0 Å². The Morgan fingerprint density at radius 1 is 0.923 bits per heavy atom. The third-order valence-corrected chi connectivity index (χ3v) is 3.88. The highest BCUT2D eigenvalue weighted by atomic mass is 16.6. The average Bonchev–Trinajstić information content (AvgIpc) is 2.70. The molecule has 0 saturated heterocycles. The van der Waals surface area contributed by atoms with Gasteiger partial charge in [0.25, 0.3) is 5.91 Å². The second-order valence-electron chi connectivity index (χ2n) is 5.78. The lowest BCUT2D eigenvalue weighted by Gasteiger charge is -2.25. The molecule has 2 heterocycles. The summed E-state index contributed by atoms with van der Waals surface area (Å²) in [6.07, 6.45) is 0.896. The number of benzene rings is 2. The molecule has 4 rings (SSSR count). The number of hydrogen-bond donors (Lipinski definition) is 2. The molecule has 1 atom stereocenters. The SMILES string of the molecule is O=C(Nc1ccc(Nc2ccccc2)nc1)C1COc2ccccc2O1. The summed E-state index contributed by atoms with van der Waals surface area (Å²) in [5.41, 5.74) is 1.54. The van der Waals surface area contributed by atoms with E-state index in [9.17, 15) is 4.79 Å². The van der Waals surface area contributed by atoms with E-state index in [0.717, 1.165) is 5.69 Å². The van der Waals surface area contributed by atoms with Gasteiger partial charge in [0.2, 0.25) is 6.10 Å². The maximum absolute atomic E-state index is 12.4. The van der Waals surface area contributed by atoms with Gasteiger partial charge in [-0.25, -0.2) is 4.98 Å². The summed E-state index contributed by atoms with van der Waals surface area (Å²) in [5, 5.41) is 5.99. The first kappa shape index (κ1) is 16.0. The van der Waals surface area contributed by atoms with Crippen molar-refractivity contribution in [1.29, 1.82) is 0 Å². The van der Waals surface area contributed by atoms with Gasteiger partial charge < -0.3 is 20.1 Å². The lowest BCUT2D eigenvalue weighted by molar-refractivity contribution is -0.125. The molecule has 26 heavy (non-hydrogen) atoms. The molecule has 6 nitrogen and oxygen atoms in total. The molecule has 1 aliphatic rings. The van der Waals surface area contributed by atoms with Gasteiger partial charge in [0.05, 0.1) is 11.9 Å². The van der Waals surface area contributed by atoms with Crippen molar-refractivity contribution in [2.24, 2.45) is 0 Å². The minimum atomic E-state index is -0.702. The zero-order chi connectivity index (χ0) is 17.8. The summed E-state index contributed by atoms with van der Waals surface area (Å²) in [4.78, 5) is 16.7. The second kappa shape index (κ2) is 7.14. The van der Waals surface area contributed by atoms with Crippen LogP contribution in [0.2, 0.25) is 0 Å². The first-order valence-corrected chi connectivity index (χ1v) is 8.25. The van der Waals surface area contributed by atoms with Gasteiger partial charge in [-0.3, -0.25) is 4.79 Å². The number of nitrogens with zero attached hydrogens (tertiary/aromatic N) is 1. The highest BCUT2D eigenvalue weighted by Gasteiger charge is 2.27. The van der Waals surface area contributed by atoms with Crippen LogP contribution in [-0.2, 0) is 4.79 Å². The van der Waals surface area contributed by atoms with Crippen LogP contribution in [0, 0.1) is 0 Å². The van der Waals surface area contributed by atoms with Gasteiger partial charge in [-0.05, 0) is 36.4 Å². The standard InChI is InChI=1S/C20H17N3O3/c24-20(18-13-25-16-8-4-5-9-17(16)26-18)23-15-10-11-19(21-12-15)22-14-6-2-1-3-7-14/h1-12,18H,13H2,(H,21,22)(H,23,24). The van der Waals surface area contributed by atoms with Crippen molar-refractivity contribution >= 4 is 23.1 Å². The molecular weight excluding hydrogens is 330 g/mol. The zero-order valence-corrected chi connectivity index (χ0v) is 13.9. The van der Waals surface area contributed by atoms with Crippen LogP contribution in [0.1, 0.15) is 0 Å². The molecule has 2 N–H and O–H groups in total. The van der Waals surface area contributed by atoms with Gasteiger partial charge in [0, 0.05) is 5.69 Å². The number of pyridine rings is 1. The number of rotatable bonds is 4. The quantitative estimate of drug-likeness (QED) is 0.754. The van der Waals surface area contributed by atoms with Gasteiger partial charge in [0.15, 0.2) is 11.5 Å². The van der Waals surface area contributed by atoms with Crippen molar-refractivity contribution < 1.29 is 14.3 Å². The van der Waals surface area contributed by atoms with Crippen LogP contribution in [-0.4, -0.2) is 23.6 Å². The van der Waals surface area contributed by atoms with E-state index in [1.54, 1.807) is 24.4 Å². The van der Waals surface area contributed by atoms with E-state index in [2.05, 4.69) is 15.6 Å². The normalized spacial score (nSPS) is 15.2. The number of amides is 1. The van der Waals surface area contributed by atoms with Crippen LogP contribution in [0.3, 0.4) is 0 Å². The van der Waals surface area contributed by atoms with Crippen LogP contribution in [0.4, 0.5) is 17.2 Å². The van der Waals surface area contributed by atoms with Gasteiger partial charge in [-0.1, -0.05) is 30.3 Å². The second-order valence-corrected chi connectivity index (χ2v) is 5.78. The largest absolute Gasteiger partial charge is 0.485 e. The fourth-order valence-corrected chi connectivity index (χ4v) is 2.58. The summed E-state index contributed by atoms with van der Waals surface area (Å²) in [7, 11) is 0. The molecular formula is C20H17N3O3. The summed E-state index contributed by atoms with van der Waals surface area (Å²) in [5.74, 6) is 1.64. The Morgan fingerprint density at radius 2 is 1.69 bits per heavy atom. The Labute approximate surface area is 150 Å². The van der Waals surface area contributed by atoms with Gasteiger partial charge in [0.1, 0.15) is 12.4 Å². The summed E-state index contributed by atoms with van der Waals surface area (Å²) in [6.45, 7) is 0.171. The summed E-state index contributed by atoms with van der Waals surface area (Å²) < 4.78 is 11.3. The molecule has 0 spiro atoms. The van der Waals surface area contributed by atoms with Crippen molar-refractivity contribution in [2.75, 3.05) is 17.2 Å². The lowest BCUT2D eigenvalue weighted by atomic mass is 10.2. The topological polar surface area (TPSA) is 72.5 Å². The minimum absolute atomic E-state index is 0.171. The molecule has 1 aliphatic heterocycles. The van der Waals surface area contributed by atoms with Crippen molar-refractivity contribution in [3.05, 3.63) is 72.9 Å². The third-order valence-electron chi connectivity index (χ3n) is 3.88. The van der Waals surface area contributed by atoms with E-state index >= 15 is 0 Å². The van der Waals surface area contributed by atoms with E-state index in [0.29, 0.717) is 23.0 Å². The monoisotopic (exact) mass is 347 g/mol. The highest BCUT2D eigenvalue weighted by molar-refractivity contribution is 5.94. The number of ether oxygens (including phenoxy) is 2. The Hall–Kier alpha value is -3.54. The maximum atomic E-state index is 12.4. The van der Waals surface area contributed by atoms with Crippen LogP contribution >= 0.6 is 0 Å². The molecule has 1 unspecified atom stereocenters. The smallest absolute Gasteiger partial charge is 0.269 e. The van der Waals surface area contributed by atoms with E-state index in [-0.39, 0.29) is 12.5 Å². The Kier molecular flexibility index (Phi) is 4.38. The van der Waals surface area contributed by atoms with E-state index < -0.39 is 6.10 Å². The molecule has 6 heteroatoms. The van der Waals surface area contributed by atoms with Crippen molar-refractivity contribution in [2.45, 2.75) is 6.10 Å². The Bertz CT molecular complexity index is 898. The lowest BCUT2D eigenvalue weighted by Crippen LogP contribution is -2.40. The fraction of sp³-hybridized carbons (Fsp3) is 0.100. The fourth-order valence-electron chi connectivity index (χ4n) is 2.58. The molecule has 0 saturated carbocycles. The van der Waals surface area contributed by atoms with Crippen molar-refractivity contribution in [3.63, 3.8) is 0 Å². The number of para-hydroxylation sites is 3. The van der Waals surface area contributed by atoms with Crippen molar-refractivity contribution in [3.8, 4) is 11.5 Å². The number of aromatic nitrogens is 1. The van der Waals surface area contributed by atoms with Crippen molar-refractivity contribution in [1.82, 2.24) is 4.98 Å². The summed E-state index contributed by atoms with van der Waals surface area (Å²) >= 11 is 0. The third kappa shape index (κ3) is 3.59. The molecule has 0 radical (unpaired) electrons. The Balaban J connectivity index is 1.37. The molecule has 0 fully saturated rings. The first-order chi connectivity index (χ1) is 12.8. The van der Waals surface area contributed by atoms with Crippen LogP contribution in [0.25, 0.3) is 0 Å². The maximum Gasteiger partial charge on any atom is 0.269 e. The minimum Gasteiger partial charge on any atom is -0.485 e. The number of fused-ring (bicyclic) bond motifs is 1. The molecule has 0 bridgehead atoms. The predicted octanol–water partition coefficient (Wildman–Crippen LogP) is 3.60. The van der Waals surface area contributed by atoms with E-state index in [4.69, 9.17) is 9.47 Å². The van der Waals surface area contributed by atoms with Gasteiger partial charge in [-0.2, -0.15) is 0 Å². The van der Waals surface area contributed by atoms with Gasteiger partial charge in [-0.15, -0.1) is 0 Å². The molecule has 1 amide bonds. The molecule has 0 aliphatic carbocycles. The zero-order valence-electron chi connectivity index (χ0n) is 13.9. The van der Waals surface area contributed by atoms with Gasteiger partial charge >= 0.3 is 0 Å². The first-order valence-electron chi connectivity index (χ1n) is 8.25. The summed E-state index contributed by atoms with van der Waals surface area (Å²) in [6, 6.07) is 20.6. The predicted molar refractivity (Wildman–Crippen MR) is 98.9 cm³/mol. The highest BCUT2D eigenvalue weighted by Crippen LogP contribution is 2.31. The number of anilines is 3. The molecule has 1 aromatic heterocycles. The van der Waals surface area contributed by atoms with E-state index in [1.807, 2.05) is 48.5 Å². The Morgan fingerprint density at radius 3 is 2.46 bits per heavy atom. The van der Waals surface area contributed by atoms with Crippen LogP contribution in [0.15, 0.2) is 72.9 Å².